The van der Waals surface area contributed by atoms with Crippen molar-refractivity contribution >= 4 is 28.6 Å². The van der Waals surface area contributed by atoms with Crippen molar-refractivity contribution in [2.75, 3.05) is 29.9 Å². The number of hydrogen-bond acceptors (Lipinski definition) is 5. The van der Waals surface area contributed by atoms with Crippen LogP contribution in [-0.2, 0) is 11.3 Å². The molecule has 3 aromatic rings. The van der Waals surface area contributed by atoms with E-state index in [2.05, 4.69) is 45.2 Å². The largest absolute Gasteiger partial charge is 0.484 e. The van der Waals surface area contributed by atoms with E-state index in [4.69, 9.17) is 4.74 Å². The van der Waals surface area contributed by atoms with Gasteiger partial charge in [-0.2, -0.15) is 0 Å². The third kappa shape index (κ3) is 5.84. The topological polar surface area (TPSA) is 53.6 Å². The van der Waals surface area contributed by atoms with Crippen LogP contribution in [0.1, 0.15) is 17.7 Å². The Balaban J connectivity index is 1.20. The molecule has 0 spiro atoms. The Labute approximate surface area is 181 Å². The van der Waals surface area contributed by atoms with Crippen LogP contribution in [0.15, 0.2) is 72.1 Å². The molecule has 1 aliphatic rings. The minimum absolute atomic E-state index is 0.00223. The molecule has 156 valence electrons. The van der Waals surface area contributed by atoms with Crippen LogP contribution < -0.4 is 20.3 Å². The van der Waals surface area contributed by atoms with Crippen molar-refractivity contribution in [3.05, 3.63) is 77.0 Å². The molecule has 1 aliphatic heterocycles. The number of rotatable bonds is 8. The second-order valence-electron chi connectivity index (χ2n) is 7.42. The van der Waals surface area contributed by atoms with Gasteiger partial charge in [0.25, 0.3) is 5.91 Å². The van der Waals surface area contributed by atoms with E-state index in [0.717, 1.165) is 38.2 Å². The molecule has 1 aromatic heterocycles. The molecular weight excluding hydrogens is 394 g/mol. The van der Waals surface area contributed by atoms with Crippen LogP contribution >= 0.6 is 11.3 Å². The first-order valence-electron chi connectivity index (χ1n) is 10.3. The van der Waals surface area contributed by atoms with Crippen molar-refractivity contribution in [3.8, 4) is 5.75 Å². The second-order valence-corrected chi connectivity index (χ2v) is 8.45. The lowest BCUT2D eigenvalue weighted by molar-refractivity contribution is -0.118. The summed E-state index contributed by atoms with van der Waals surface area (Å²) in [6.07, 6.45) is 2.28. The van der Waals surface area contributed by atoms with Gasteiger partial charge in [-0.1, -0.05) is 24.3 Å². The zero-order valence-corrected chi connectivity index (χ0v) is 17.7. The molecule has 1 saturated heterocycles. The summed E-state index contributed by atoms with van der Waals surface area (Å²) in [5, 5.41) is 8.69. The molecule has 6 heteroatoms. The van der Waals surface area contributed by atoms with Crippen molar-refractivity contribution in [2.45, 2.75) is 25.4 Å². The molecule has 0 radical (unpaired) electrons. The van der Waals surface area contributed by atoms with Crippen LogP contribution in [0.3, 0.4) is 0 Å². The molecule has 0 atom stereocenters. The average Bonchev–Trinajstić information content (AvgIpc) is 3.32. The van der Waals surface area contributed by atoms with Gasteiger partial charge in [-0.05, 0) is 60.7 Å². The quantitative estimate of drug-likeness (QED) is 0.561. The number of anilines is 2. The van der Waals surface area contributed by atoms with Crippen LogP contribution in [0, 0.1) is 0 Å². The van der Waals surface area contributed by atoms with E-state index in [-0.39, 0.29) is 12.5 Å². The maximum absolute atomic E-state index is 12.1. The molecule has 0 unspecified atom stereocenters. The number of amides is 1. The first-order chi connectivity index (χ1) is 14.8. The van der Waals surface area contributed by atoms with Crippen molar-refractivity contribution in [1.82, 2.24) is 5.32 Å². The maximum atomic E-state index is 12.1. The molecule has 4 rings (SSSR count). The van der Waals surface area contributed by atoms with E-state index < -0.39 is 0 Å². The van der Waals surface area contributed by atoms with Gasteiger partial charge in [-0.15, -0.1) is 11.3 Å². The highest BCUT2D eigenvalue weighted by molar-refractivity contribution is 7.09. The Bertz CT molecular complexity index is 905. The highest BCUT2D eigenvalue weighted by Gasteiger charge is 2.19. The van der Waals surface area contributed by atoms with Gasteiger partial charge in [0.1, 0.15) is 5.75 Å². The highest BCUT2D eigenvalue weighted by Crippen LogP contribution is 2.22. The monoisotopic (exact) mass is 421 g/mol. The molecule has 30 heavy (non-hydrogen) atoms. The van der Waals surface area contributed by atoms with E-state index in [1.807, 2.05) is 42.5 Å². The van der Waals surface area contributed by atoms with E-state index in [1.165, 1.54) is 10.6 Å². The number of carbonyl (C=O) groups is 1. The van der Waals surface area contributed by atoms with Crippen molar-refractivity contribution < 1.29 is 9.53 Å². The fraction of sp³-hybridized carbons (Fsp3) is 0.292. The van der Waals surface area contributed by atoms with Gasteiger partial charge >= 0.3 is 0 Å². The minimum atomic E-state index is -0.163. The lowest BCUT2D eigenvalue weighted by atomic mass is 10.0. The summed E-state index contributed by atoms with van der Waals surface area (Å²) in [7, 11) is 0. The molecule has 2 N–H and O–H groups in total. The SMILES string of the molecule is O=C(COc1ccccc1)Nc1ccc(N2CCC(NCc3cccs3)CC2)cc1. The second kappa shape index (κ2) is 10.3. The highest BCUT2D eigenvalue weighted by atomic mass is 32.1. The molecule has 0 saturated carbocycles. The minimum Gasteiger partial charge on any atom is -0.484 e. The van der Waals surface area contributed by atoms with Crippen LogP contribution in [0.2, 0.25) is 0 Å². The summed E-state index contributed by atoms with van der Waals surface area (Å²) in [5.74, 6) is 0.528. The number of nitrogens with one attached hydrogen (secondary N) is 2. The van der Waals surface area contributed by atoms with Gasteiger partial charge in [0.05, 0.1) is 0 Å². The number of ether oxygens (including phenoxy) is 1. The fourth-order valence-corrected chi connectivity index (χ4v) is 4.27. The molecule has 5 nitrogen and oxygen atoms in total. The van der Waals surface area contributed by atoms with Gasteiger partial charge in [0, 0.05) is 41.9 Å². The normalized spacial score (nSPS) is 14.5. The standard InChI is InChI=1S/C24H27N3O2S/c28-24(18-29-22-5-2-1-3-6-22)26-20-8-10-21(11-9-20)27-14-12-19(13-15-27)25-17-23-7-4-16-30-23/h1-11,16,19,25H,12-15,17-18H2,(H,26,28). The van der Waals surface area contributed by atoms with Crippen LogP contribution in [0.25, 0.3) is 0 Å². The Morgan fingerprint density at radius 1 is 1.00 bits per heavy atom. The van der Waals surface area contributed by atoms with Gasteiger partial charge in [0.15, 0.2) is 6.61 Å². The predicted octanol–water partition coefficient (Wildman–Crippen LogP) is 4.52. The summed E-state index contributed by atoms with van der Waals surface area (Å²) in [6.45, 7) is 3.04. The number of carbonyl (C=O) groups excluding carboxylic acids is 1. The molecule has 0 bridgehead atoms. The molecular formula is C24H27N3O2S. The summed E-state index contributed by atoms with van der Waals surface area (Å²) in [4.78, 5) is 15.9. The van der Waals surface area contributed by atoms with Gasteiger partial charge in [-0.25, -0.2) is 0 Å². The van der Waals surface area contributed by atoms with E-state index in [1.54, 1.807) is 11.3 Å². The predicted molar refractivity (Wildman–Crippen MR) is 123 cm³/mol. The van der Waals surface area contributed by atoms with Crippen molar-refractivity contribution in [1.29, 1.82) is 0 Å². The molecule has 1 amide bonds. The van der Waals surface area contributed by atoms with Crippen molar-refractivity contribution in [3.63, 3.8) is 0 Å². The average molecular weight is 422 g/mol. The maximum Gasteiger partial charge on any atom is 0.262 e. The first kappa shape index (κ1) is 20.4. The number of nitrogens with zero attached hydrogens (tertiary/aromatic N) is 1. The zero-order chi connectivity index (χ0) is 20.6. The lowest BCUT2D eigenvalue weighted by Gasteiger charge is -2.34. The molecule has 2 aromatic carbocycles. The summed E-state index contributed by atoms with van der Waals surface area (Å²) in [6, 6.07) is 22.3. The summed E-state index contributed by atoms with van der Waals surface area (Å²) in [5.41, 5.74) is 1.98. The van der Waals surface area contributed by atoms with Gasteiger partial charge in [0.2, 0.25) is 0 Å². The van der Waals surface area contributed by atoms with Gasteiger partial charge < -0.3 is 20.3 Å². The van der Waals surface area contributed by atoms with Crippen LogP contribution in [0.5, 0.6) is 5.75 Å². The Hall–Kier alpha value is -2.83. The van der Waals surface area contributed by atoms with E-state index >= 15 is 0 Å². The number of para-hydroxylation sites is 1. The molecule has 1 fully saturated rings. The summed E-state index contributed by atoms with van der Waals surface area (Å²) >= 11 is 1.81. The van der Waals surface area contributed by atoms with Crippen molar-refractivity contribution in [2.24, 2.45) is 0 Å². The summed E-state index contributed by atoms with van der Waals surface area (Å²) < 4.78 is 5.49. The number of benzene rings is 2. The number of thiophene rings is 1. The Morgan fingerprint density at radius 3 is 2.47 bits per heavy atom. The first-order valence-corrected chi connectivity index (χ1v) is 11.2. The van der Waals surface area contributed by atoms with E-state index in [9.17, 15) is 4.79 Å². The zero-order valence-electron chi connectivity index (χ0n) is 16.9. The smallest absolute Gasteiger partial charge is 0.262 e. The number of hydrogen-bond donors (Lipinski definition) is 2. The third-order valence-corrected chi connectivity index (χ3v) is 6.15. The fourth-order valence-electron chi connectivity index (χ4n) is 3.62. The van der Waals surface area contributed by atoms with Gasteiger partial charge in [-0.3, -0.25) is 4.79 Å². The Kier molecular flexibility index (Phi) is 7.00. The number of piperidine rings is 1. The third-order valence-electron chi connectivity index (χ3n) is 5.27. The molecule has 2 heterocycles. The van der Waals surface area contributed by atoms with Crippen LogP contribution in [-0.4, -0.2) is 31.6 Å². The van der Waals surface area contributed by atoms with E-state index in [0.29, 0.717) is 11.8 Å². The van der Waals surface area contributed by atoms with Crippen LogP contribution in [0.4, 0.5) is 11.4 Å². The Morgan fingerprint density at radius 2 is 1.77 bits per heavy atom. The molecule has 0 aliphatic carbocycles. The lowest BCUT2D eigenvalue weighted by Crippen LogP contribution is -2.42.